The Kier molecular flexibility index (Phi) is 4.69. The number of anilines is 1. The van der Waals surface area contributed by atoms with Gasteiger partial charge in [-0.2, -0.15) is 0 Å². The van der Waals surface area contributed by atoms with Crippen LogP contribution in [0.5, 0.6) is 0 Å². The highest BCUT2D eigenvalue weighted by atomic mass is 16.2. The number of urea groups is 1. The molecule has 3 amide bonds. The number of hydrogen-bond acceptors (Lipinski definition) is 2. The number of hydrogen-bond donors (Lipinski definition) is 1. The van der Waals surface area contributed by atoms with Crippen molar-refractivity contribution in [1.29, 1.82) is 0 Å². The molecule has 1 aliphatic rings. The summed E-state index contributed by atoms with van der Waals surface area (Å²) in [5.41, 5.74) is 0.915. The molecule has 2 aromatic rings. The second-order valence-electron chi connectivity index (χ2n) is 6.09. The zero-order valence-corrected chi connectivity index (χ0v) is 14.2. The molecule has 1 aliphatic heterocycles. The Morgan fingerprint density at radius 3 is 2.71 bits per heavy atom. The van der Waals surface area contributed by atoms with Gasteiger partial charge >= 0.3 is 6.03 Å². The van der Waals surface area contributed by atoms with Crippen LogP contribution in [-0.4, -0.2) is 42.5 Å². The fourth-order valence-corrected chi connectivity index (χ4v) is 3.16. The van der Waals surface area contributed by atoms with E-state index in [1.165, 1.54) is 0 Å². The van der Waals surface area contributed by atoms with E-state index in [1.807, 2.05) is 49.4 Å². The van der Waals surface area contributed by atoms with Gasteiger partial charge in [0.25, 0.3) is 0 Å². The molecule has 0 radical (unpaired) electrons. The van der Waals surface area contributed by atoms with Gasteiger partial charge in [-0.3, -0.25) is 4.79 Å². The van der Waals surface area contributed by atoms with Gasteiger partial charge in [0, 0.05) is 25.0 Å². The van der Waals surface area contributed by atoms with E-state index in [0.29, 0.717) is 19.6 Å². The van der Waals surface area contributed by atoms with Gasteiger partial charge in [-0.1, -0.05) is 43.3 Å². The summed E-state index contributed by atoms with van der Waals surface area (Å²) in [6.07, 6.45) is 0.879. The second-order valence-corrected chi connectivity index (χ2v) is 6.09. The molecule has 126 valence electrons. The van der Waals surface area contributed by atoms with Crippen LogP contribution in [0, 0.1) is 0 Å². The van der Waals surface area contributed by atoms with Crippen LogP contribution in [0.15, 0.2) is 42.5 Å². The Morgan fingerprint density at radius 2 is 1.92 bits per heavy atom. The molecule has 1 saturated heterocycles. The van der Waals surface area contributed by atoms with Gasteiger partial charge in [-0.15, -0.1) is 0 Å². The Hall–Kier alpha value is -2.56. The molecular weight excluding hydrogens is 302 g/mol. The van der Waals surface area contributed by atoms with Crippen LogP contribution in [-0.2, 0) is 4.79 Å². The first-order valence-corrected chi connectivity index (χ1v) is 8.47. The number of nitrogens with zero attached hydrogens (tertiary/aromatic N) is 2. The van der Waals surface area contributed by atoms with E-state index in [2.05, 4.69) is 5.32 Å². The second kappa shape index (κ2) is 6.91. The number of carbonyl (C=O) groups is 2. The van der Waals surface area contributed by atoms with Crippen molar-refractivity contribution in [3.05, 3.63) is 42.5 Å². The Morgan fingerprint density at radius 1 is 1.17 bits per heavy atom. The quantitative estimate of drug-likeness (QED) is 0.943. The Balaban J connectivity index is 1.84. The molecule has 0 spiro atoms. The van der Waals surface area contributed by atoms with E-state index in [9.17, 15) is 9.59 Å². The number of rotatable bonds is 3. The van der Waals surface area contributed by atoms with Crippen LogP contribution in [0.2, 0.25) is 0 Å². The van der Waals surface area contributed by atoms with Crippen molar-refractivity contribution in [2.24, 2.45) is 0 Å². The van der Waals surface area contributed by atoms with Crippen molar-refractivity contribution >= 4 is 28.4 Å². The molecule has 0 aromatic heterocycles. The highest BCUT2D eigenvalue weighted by Crippen LogP contribution is 2.29. The molecule has 1 heterocycles. The van der Waals surface area contributed by atoms with Crippen LogP contribution in [0.4, 0.5) is 10.5 Å². The molecule has 0 saturated carbocycles. The van der Waals surface area contributed by atoms with E-state index >= 15 is 0 Å². The first kappa shape index (κ1) is 16.3. The predicted molar refractivity (Wildman–Crippen MR) is 96.2 cm³/mol. The van der Waals surface area contributed by atoms with Crippen LogP contribution in [0.25, 0.3) is 10.8 Å². The Labute approximate surface area is 142 Å². The fraction of sp³-hybridized carbons (Fsp3) is 0.368. The number of benzene rings is 2. The number of nitrogens with one attached hydrogen (secondary N) is 1. The monoisotopic (exact) mass is 325 g/mol. The van der Waals surface area contributed by atoms with Crippen molar-refractivity contribution in [1.82, 2.24) is 10.2 Å². The van der Waals surface area contributed by atoms with Crippen molar-refractivity contribution in [3.8, 4) is 0 Å². The molecule has 3 rings (SSSR count). The standard InChI is InChI=1S/C19H23N3O2/c1-3-11-20-19(24)21-12-13-22(18(23)14(21)2)17-10-6-8-15-7-4-5-9-16(15)17/h4-10,14H,3,11-13H2,1-2H3,(H,20,24)/t14-/m0/s1. The van der Waals surface area contributed by atoms with Gasteiger partial charge in [-0.05, 0) is 24.8 Å². The summed E-state index contributed by atoms with van der Waals surface area (Å²) in [6.45, 7) is 5.48. The van der Waals surface area contributed by atoms with Gasteiger partial charge in [0.15, 0.2) is 0 Å². The maximum Gasteiger partial charge on any atom is 0.318 e. The van der Waals surface area contributed by atoms with Gasteiger partial charge in [0.1, 0.15) is 6.04 Å². The molecule has 0 unspecified atom stereocenters. The van der Waals surface area contributed by atoms with Gasteiger partial charge in [0.2, 0.25) is 5.91 Å². The summed E-state index contributed by atoms with van der Waals surface area (Å²) in [5, 5.41) is 5.02. The number of piperazine rings is 1. The average Bonchev–Trinajstić information content (AvgIpc) is 2.61. The van der Waals surface area contributed by atoms with Crippen LogP contribution in [0.1, 0.15) is 20.3 Å². The summed E-state index contributed by atoms with van der Waals surface area (Å²) >= 11 is 0. The summed E-state index contributed by atoms with van der Waals surface area (Å²) in [6, 6.07) is 13.4. The van der Waals surface area contributed by atoms with E-state index < -0.39 is 6.04 Å². The minimum atomic E-state index is -0.463. The third kappa shape index (κ3) is 2.94. The molecule has 5 heteroatoms. The highest BCUT2D eigenvalue weighted by molar-refractivity contribution is 6.06. The molecule has 1 atom stereocenters. The molecule has 1 fully saturated rings. The molecule has 5 nitrogen and oxygen atoms in total. The largest absolute Gasteiger partial charge is 0.338 e. The molecular formula is C19H23N3O2. The van der Waals surface area contributed by atoms with Crippen LogP contribution >= 0.6 is 0 Å². The molecule has 2 aromatic carbocycles. The zero-order valence-electron chi connectivity index (χ0n) is 14.2. The summed E-state index contributed by atoms with van der Waals surface area (Å²) in [5.74, 6) is -0.0377. The number of fused-ring (bicyclic) bond motifs is 1. The van der Waals surface area contributed by atoms with Crippen molar-refractivity contribution < 1.29 is 9.59 Å². The van der Waals surface area contributed by atoms with Gasteiger partial charge in [0.05, 0.1) is 5.69 Å². The number of amides is 3. The molecule has 0 bridgehead atoms. The van der Waals surface area contributed by atoms with E-state index in [-0.39, 0.29) is 11.9 Å². The Bertz CT molecular complexity index is 754. The predicted octanol–water partition coefficient (Wildman–Crippen LogP) is 3.00. The van der Waals surface area contributed by atoms with Gasteiger partial charge < -0.3 is 15.1 Å². The topological polar surface area (TPSA) is 52.7 Å². The van der Waals surface area contributed by atoms with Crippen molar-refractivity contribution in [3.63, 3.8) is 0 Å². The SMILES string of the molecule is CCCNC(=O)N1CCN(c2cccc3ccccc23)C(=O)[C@@H]1C. The van der Waals surface area contributed by atoms with E-state index in [0.717, 1.165) is 22.9 Å². The molecule has 24 heavy (non-hydrogen) atoms. The summed E-state index contributed by atoms with van der Waals surface area (Å²) < 4.78 is 0. The maximum atomic E-state index is 12.9. The minimum absolute atomic E-state index is 0.0377. The summed E-state index contributed by atoms with van der Waals surface area (Å²) in [7, 11) is 0. The first-order valence-electron chi connectivity index (χ1n) is 8.47. The molecule has 1 N–H and O–H groups in total. The van der Waals surface area contributed by atoms with Crippen LogP contribution < -0.4 is 10.2 Å². The third-order valence-electron chi connectivity index (χ3n) is 4.50. The number of carbonyl (C=O) groups excluding carboxylic acids is 2. The normalized spacial score (nSPS) is 18.1. The van der Waals surface area contributed by atoms with E-state index in [1.54, 1.807) is 16.7 Å². The summed E-state index contributed by atoms with van der Waals surface area (Å²) in [4.78, 5) is 28.5. The molecule has 0 aliphatic carbocycles. The van der Waals surface area contributed by atoms with Crippen LogP contribution in [0.3, 0.4) is 0 Å². The maximum absolute atomic E-state index is 12.9. The highest BCUT2D eigenvalue weighted by Gasteiger charge is 2.35. The van der Waals surface area contributed by atoms with E-state index in [4.69, 9.17) is 0 Å². The average molecular weight is 325 g/mol. The van der Waals surface area contributed by atoms with Gasteiger partial charge in [-0.25, -0.2) is 4.79 Å². The smallest absolute Gasteiger partial charge is 0.318 e. The first-order chi connectivity index (χ1) is 11.6. The lowest BCUT2D eigenvalue weighted by Crippen LogP contribution is -2.59. The minimum Gasteiger partial charge on any atom is -0.338 e. The third-order valence-corrected chi connectivity index (χ3v) is 4.50. The zero-order chi connectivity index (χ0) is 17.1. The lowest BCUT2D eigenvalue weighted by molar-refractivity contribution is -0.124. The van der Waals surface area contributed by atoms with Crippen molar-refractivity contribution in [2.45, 2.75) is 26.3 Å². The fourth-order valence-electron chi connectivity index (χ4n) is 3.16. The lowest BCUT2D eigenvalue weighted by atomic mass is 10.1. The lowest BCUT2D eigenvalue weighted by Gasteiger charge is -2.39. The van der Waals surface area contributed by atoms with Crippen molar-refractivity contribution in [2.75, 3.05) is 24.5 Å².